The lowest BCUT2D eigenvalue weighted by atomic mass is 9.80. The van der Waals surface area contributed by atoms with E-state index in [9.17, 15) is 24.6 Å². The maximum Gasteiger partial charge on any atom is 0.306 e. The fourth-order valence-electron chi connectivity index (χ4n) is 3.35. The molecule has 2 aliphatic rings. The maximum absolute atomic E-state index is 12.5. The van der Waals surface area contributed by atoms with Gasteiger partial charge in [0.1, 0.15) is 17.1 Å². The molecule has 134 valence electrons. The number of ether oxygens (including phenoxy) is 3. The predicted molar refractivity (Wildman–Crippen MR) is 82.1 cm³/mol. The Kier molecular flexibility index (Phi) is 4.38. The molecule has 8 heteroatoms. The number of hydrogen-bond donors (Lipinski definition) is 2. The van der Waals surface area contributed by atoms with Crippen LogP contribution >= 0.6 is 0 Å². The van der Waals surface area contributed by atoms with E-state index in [0.29, 0.717) is 0 Å². The molecule has 1 aromatic carbocycles. The molecule has 3 rings (SSSR count). The number of Topliss-reactive ketones (excluding diaryl/α,β-unsaturated/α-hetero) is 1. The van der Waals surface area contributed by atoms with Crippen LogP contribution in [-0.4, -0.2) is 52.9 Å². The largest absolute Gasteiger partial charge is 0.507 e. The lowest BCUT2D eigenvalue weighted by molar-refractivity contribution is -0.158. The van der Waals surface area contributed by atoms with Crippen LogP contribution in [0.1, 0.15) is 30.1 Å². The van der Waals surface area contributed by atoms with E-state index in [4.69, 9.17) is 14.2 Å². The highest BCUT2D eigenvalue weighted by Gasteiger charge is 2.55. The van der Waals surface area contributed by atoms with E-state index >= 15 is 0 Å². The average molecular weight is 350 g/mol. The molecular weight excluding hydrogens is 332 g/mol. The van der Waals surface area contributed by atoms with Crippen LogP contribution in [0.4, 0.5) is 0 Å². The van der Waals surface area contributed by atoms with Crippen molar-refractivity contribution in [2.24, 2.45) is 5.92 Å². The minimum atomic E-state index is -1.49. The number of cyclic esters (lactones) is 1. The predicted octanol–water partition coefficient (Wildman–Crippen LogP) is 0.583. The second kappa shape index (κ2) is 6.36. The minimum Gasteiger partial charge on any atom is -0.507 e. The van der Waals surface area contributed by atoms with E-state index in [1.54, 1.807) is 0 Å². The summed E-state index contributed by atoms with van der Waals surface area (Å²) in [5.41, 5.74) is -1.46. The topological polar surface area (TPSA) is 119 Å². The lowest BCUT2D eigenvalue weighted by Crippen LogP contribution is -2.57. The number of carbonyl (C=O) groups is 3. The van der Waals surface area contributed by atoms with Crippen molar-refractivity contribution in [3.05, 3.63) is 23.8 Å². The number of ketones is 1. The summed E-state index contributed by atoms with van der Waals surface area (Å²) in [7, 11) is 0. The number of phenolic OH excluding ortho intramolecular Hbond substituents is 1. The van der Waals surface area contributed by atoms with Gasteiger partial charge in [-0.1, -0.05) is 6.07 Å². The summed E-state index contributed by atoms with van der Waals surface area (Å²) in [5.74, 6) is -2.11. The van der Waals surface area contributed by atoms with Crippen molar-refractivity contribution >= 4 is 17.7 Å². The van der Waals surface area contributed by atoms with Crippen molar-refractivity contribution in [3.63, 3.8) is 0 Å². The third-order valence-electron chi connectivity index (χ3n) is 4.46. The fourth-order valence-corrected chi connectivity index (χ4v) is 3.35. The van der Waals surface area contributed by atoms with Crippen molar-refractivity contribution in [3.8, 4) is 11.5 Å². The quantitative estimate of drug-likeness (QED) is 0.757. The zero-order valence-corrected chi connectivity index (χ0v) is 13.6. The second-order valence-corrected chi connectivity index (χ2v) is 6.25. The molecule has 1 aromatic rings. The third kappa shape index (κ3) is 3.05. The number of fused-ring (bicyclic) bond motifs is 1. The molecule has 8 nitrogen and oxygen atoms in total. The number of phenols is 1. The van der Waals surface area contributed by atoms with Gasteiger partial charge >= 0.3 is 11.9 Å². The number of aromatic hydroxyl groups is 1. The molecule has 0 aromatic heterocycles. The van der Waals surface area contributed by atoms with Crippen LogP contribution in [-0.2, 0) is 19.1 Å². The first-order valence-corrected chi connectivity index (χ1v) is 7.84. The Balaban J connectivity index is 1.94. The van der Waals surface area contributed by atoms with Crippen LogP contribution in [0.5, 0.6) is 11.5 Å². The summed E-state index contributed by atoms with van der Waals surface area (Å²) >= 11 is 0. The number of aliphatic hydroxyl groups is 1. The molecule has 0 amide bonds. The van der Waals surface area contributed by atoms with Crippen LogP contribution in [0.25, 0.3) is 0 Å². The highest BCUT2D eigenvalue weighted by molar-refractivity contribution is 6.03. The first-order valence-electron chi connectivity index (χ1n) is 7.84. The molecular formula is C17H18O8. The number of aliphatic hydroxyl groups excluding tert-OH is 1. The average Bonchev–Trinajstić information content (AvgIpc) is 2.94. The van der Waals surface area contributed by atoms with Gasteiger partial charge in [0, 0.05) is 12.8 Å². The van der Waals surface area contributed by atoms with Gasteiger partial charge in [0.15, 0.2) is 17.5 Å². The molecule has 2 N–H and O–H groups in total. The van der Waals surface area contributed by atoms with E-state index in [1.807, 2.05) is 0 Å². The molecule has 3 atom stereocenters. The van der Waals surface area contributed by atoms with Crippen molar-refractivity contribution in [1.29, 1.82) is 0 Å². The summed E-state index contributed by atoms with van der Waals surface area (Å²) in [6, 6.07) is 4.37. The monoisotopic (exact) mass is 350 g/mol. The van der Waals surface area contributed by atoms with Gasteiger partial charge in [0.05, 0.1) is 26.1 Å². The Morgan fingerprint density at radius 2 is 2.16 bits per heavy atom. The van der Waals surface area contributed by atoms with Crippen LogP contribution in [0, 0.1) is 5.92 Å². The van der Waals surface area contributed by atoms with Gasteiger partial charge in [-0.25, -0.2) is 0 Å². The highest BCUT2D eigenvalue weighted by Crippen LogP contribution is 2.43. The Bertz CT molecular complexity index is 727. The maximum atomic E-state index is 12.5. The van der Waals surface area contributed by atoms with E-state index in [2.05, 4.69) is 0 Å². The lowest BCUT2D eigenvalue weighted by Gasteiger charge is -2.41. The number of carbonyl (C=O) groups excluding carboxylic acids is 3. The van der Waals surface area contributed by atoms with Crippen LogP contribution in [0.15, 0.2) is 18.2 Å². The smallest absolute Gasteiger partial charge is 0.306 e. The van der Waals surface area contributed by atoms with Crippen LogP contribution in [0.2, 0.25) is 0 Å². The zero-order valence-electron chi connectivity index (χ0n) is 13.6. The molecule has 2 aliphatic heterocycles. The second-order valence-electron chi connectivity index (χ2n) is 6.25. The molecule has 0 aliphatic carbocycles. The number of esters is 2. The van der Waals surface area contributed by atoms with Crippen molar-refractivity contribution in [1.82, 2.24) is 0 Å². The van der Waals surface area contributed by atoms with Gasteiger partial charge in [-0.2, -0.15) is 0 Å². The third-order valence-corrected chi connectivity index (χ3v) is 4.46. The summed E-state index contributed by atoms with van der Waals surface area (Å²) in [4.78, 5) is 35.3. The number of benzene rings is 1. The van der Waals surface area contributed by atoms with Crippen molar-refractivity contribution < 1.29 is 38.8 Å². The van der Waals surface area contributed by atoms with Crippen LogP contribution < -0.4 is 4.74 Å². The molecule has 25 heavy (non-hydrogen) atoms. The molecule has 1 saturated heterocycles. The van der Waals surface area contributed by atoms with Gasteiger partial charge in [-0.3, -0.25) is 14.4 Å². The Morgan fingerprint density at radius 1 is 1.40 bits per heavy atom. The molecule has 1 fully saturated rings. The molecule has 2 heterocycles. The standard InChI is InChI=1S/C17H18O8/c1-9(19)23-7-10-5-14(22)24-16(10)17(8-18)6-12(21)15-11(20)3-2-4-13(15)25-17/h2-4,10,16,18,20H,5-8H2,1H3. The van der Waals surface area contributed by atoms with Gasteiger partial charge in [0.2, 0.25) is 0 Å². The van der Waals surface area contributed by atoms with E-state index in [0.717, 1.165) is 0 Å². The summed E-state index contributed by atoms with van der Waals surface area (Å²) < 4.78 is 16.1. The number of rotatable bonds is 4. The highest BCUT2D eigenvalue weighted by atomic mass is 16.6. The van der Waals surface area contributed by atoms with Crippen molar-refractivity contribution in [2.45, 2.75) is 31.5 Å². The number of hydrogen-bond acceptors (Lipinski definition) is 8. The molecule has 0 bridgehead atoms. The Morgan fingerprint density at radius 3 is 2.84 bits per heavy atom. The van der Waals surface area contributed by atoms with Gasteiger partial charge in [-0.05, 0) is 12.1 Å². The van der Waals surface area contributed by atoms with E-state index < -0.39 is 42.0 Å². The normalized spacial score (nSPS) is 28.1. The first kappa shape index (κ1) is 17.2. The fraction of sp³-hybridized carbons (Fsp3) is 0.471. The Labute approximate surface area is 143 Å². The molecule has 3 unspecified atom stereocenters. The molecule has 0 saturated carbocycles. The molecule has 0 radical (unpaired) electrons. The summed E-state index contributed by atoms with van der Waals surface area (Å²) in [6.07, 6.45) is -1.24. The Hall–Kier alpha value is -2.61. The molecule has 0 spiro atoms. The summed E-state index contributed by atoms with van der Waals surface area (Å²) in [5, 5.41) is 19.8. The first-order chi connectivity index (χ1) is 11.9. The van der Waals surface area contributed by atoms with Gasteiger partial charge in [0.25, 0.3) is 0 Å². The summed E-state index contributed by atoms with van der Waals surface area (Å²) in [6.45, 7) is 0.578. The van der Waals surface area contributed by atoms with Crippen LogP contribution in [0.3, 0.4) is 0 Å². The van der Waals surface area contributed by atoms with Gasteiger partial charge < -0.3 is 24.4 Å². The van der Waals surface area contributed by atoms with Gasteiger partial charge in [-0.15, -0.1) is 0 Å². The van der Waals surface area contributed by atoms with E-state index in [-0.39, 0.29) is 36.5 Å². The SMILES string of the molecule is CC(=O)OCC1CC(=O)OC1C1(CO)CC(=O)c2c(O)cccc2O1. The zero-order chi connectivity index (χ0) is 18.2. The van der Waals surface area contributed by atoms with E-state index in [1.165, 1.54) is 25.1 Å². The minimum absolute atomic E-state index is 0.00978. The van der Waals surface area contributed by atoms with Crippen molar-refractivity contribution in [2.75, 3.05) is 13.2 Å².